The van der Waals surface area contributed by atoms with Crippen LogP contribution in [0.3, 0.4) is 0 Å². The van der Waals surface area contributed by atoms with Crippen LogP contribution in [0, 0.1) is 11.3 Å². The lowest BCUT2D eigenvalue weighted by Gasteiger charge is -2.38. The molecule has 2 nitrogen and oxygen atoms in total. The number of hydrogen-bond donors (Lipinski definition) is 1. The Morgan fingerprint density at radius 2 is 1.85 bits per heavy atom. The fourth-order valence-corrected chi connectivity index (χ4v) is 2.65. The number of allylic oxidation sites excluding steroid dienone is 6. The van der Waals surface area contributed by atoms with Crippen molar-refractivity contribution in [1.29, 1.82) is 0 Å². The molecule has 0 aliphatic carbocycles. The first-order chi connectivity index (χ1) is 9.23. The molecule has 108 valence electrons. The van der Waals surface area contributed by atoms with Gasteiger partial charge < -0.3 is 5.32 Å². The Morgan fingerprint density at radius 1 is 1.25 bits per heavy atom. The third-order valence-corrected chi connectivity index (χ3v) is 3.42. The molecule has 1 amide bonds. The molecule has 0 aromatic heterocycles. The molecule has 0 bridgehead atoms. The molecule has 1 aliphatic heterocycles. The average Bonchev–Trinajstić information content (AvgIpc) is 2.34. The molecule has 0 fully saturated rings. The van der Waals surface area contributed by atoms with Crippen LogP contribution in [0.25, 0.3) is 0 Å². The molecule has 1 N–H and O–H groups in total. The lowest BCUT2D eigenvalue weighted by atomic mass is 9.68. The Bertz CT molecular complexity index is 520. The number of hydrogen-bond acceptors (Lipinski definition) is 1. The highest BCUT2D eigenvalue weighted by molar-refractivity contribution is 5.98. The maximum Gasteiger partial charge on any atom is 0.252 e. The van der Waals surface area contributed by atoms with Gasteiger partial charge in [0.25, 0.3) is 5.91 Å². The summed E-state index contributed by atoms with van der Waals surface area (Å²) in [6, 6.07) is 0. The first-order valence-electron chi connectivity index (χ1n) is 6.88. The largest absolute Gasteiger partial charge is 0.322 e. The van der Waals surface area contributed by atoms with Crippen LogP contribution in [-0.2, 0) is 4.79 Å². The second kappa shape index (κ2) is 6.08. The molecular weight excluding hydrogens is 246 g/mol. The summed E-state index contributed by atoms with van der Waals surface area (Å²) in [5.41, 5.74) is 3.72. The normalized spacial score (nSPS) is 20.1. The van der Waals surface area contributed by atoms with Gasteiger partial charge in [0.05, 0.1) is 0 Å². The van der Waals surface area contributed by atoms with Gasteiger partial charge >= 0.3 is 0 Å². The van der Waals surface area contributed by atoms with E-state index in [1.165, 1.54) is 0 Å². The van der Waals surface area contributed by atoms with E-state index in [1.54, 1.807) is 12.2 Å². The molecular formula is C18H25NO. The van der Waals surface area contributed by atoms with Crippen LogP contribution in [0.5, 0.6) is 0 Å². The Labute approximate surface area is 122 Å². The van der Waals surface area contributed by atoms with Crippen LogP contribution in [-0.4, -0.2) is 5.91 Å². The Morgan fingerprint density at radius 3 is 2.25 bits per heavy atom. The van der Waals surface area contributed by atoms with E-state index >= 15 is 0 Å². The lowest BCUT2D eigenvalue weighted by molar-refractivity contribution is -0.118. The summed E-state index contributed by atoms with van der Waals surface area (Å²) in [4.78, 5) is 12.4. The summed E-state index contributed by atoms with van der Waals surface area (Å²) in [7, 11) is 0. The third kappa shape index (κ3) is 3.19. The molecule has 1 unspecified atom stereocenters. The zero-order chi connectivity index (χ0) is 15.5. The van der Waals surface area contributed by atoms with Gasteiger partial charge in [-0.3, -0.25) is 4.79 Å². The van der Waals surface area contributed by atoms with E-state index in [2.05, 4.69) is 39.2 Å². The van der Waals surface area contributed by atoms with Gasteiger partial charge in [-0.05, 0) is 30.9 Å². The maximum absolute atomic E-state index is 12.4. The topological polar surface area (TPSA) is 29.1 Å². The summed E-state index contributed by atoms with van der Waals surface area (Å²) in [5.74, 6) is 0.0287. The molecule has 0 aromatic rings. The number of rotatable bonds is 3. The van der Waals surface area contributed by atoms with E-state index in [0.29, 0.717) is 0 Å². The van der Waals surface area contributed by atoms with Gasteiger partial charge in [-0.15, -0.1) is 0 Å². The molecule has 1 rings (SSSR count). The summed E-state index contributed by atoms with van der Waals surface area (Å²) >= 11 is 0. The van der Waals surface area contributed by atoms with E-state index in [1.807, 2.05) is 26.0 Å². The lowest BCUT2D eigenvalue weighted by Crippen LogP contribution is -2.40. The fourth-order valence-electron chi connectivity index (χ4n) is 2.65. The van der Waals surface area contributed by atoms with Crippen LogP contribution in [0.2, 0.25) is 0 Å². The number of amides is 1. The van der Waals surface area contributed by atoms with E-state index in [4.69, 9.17) is 0 Å². The van der Waals surface area contributed by atoms with Crippen LogP contribution < -0.4 is 5.32 Å². The highest BCUT2D eigenvalue weighted by Crippen LogP contribution is 2.42. The molecule has 1 atom stereocenters. The van der Waals surface area contributed by atoms with Gasteiger partial charge in [0.1, 0.15) is 0 Å². The van der Waals surface area contributed by atoms with Crippen molar-refractivity contribution in [3.05, 3.63) is 59.9 Å². The van der Waals surface area contributed by atoms with E-state index < -0.39 is 0 Å². The van der Waals surface area contributed by atoms with Crippen molar-refractivity contribution in [3.8, 4) is 0 Å². The molecule has 0 spiro atoms. The monoisotopic (exact) mass is 271 g/mol. The highest BCUT2D eigenvalue weighted by atomic mass is 16.1. The van der Waals surface area contributed by atoms with Crippen molar-refractivity contribution in [3.63, 3.8) is 0 Å². The van der Waals surface area contributed by atoms with Crippen molar-refractivity contribution < 1.29 is 4.79 Å². The summed E-state index contributed by atoms with van der Waals surface area (Å²) < 4.78 is 0. The van der Waals surface area contributed by atoms with E-state index in [-0.39, 0.29) is 17.2 Å². The van der Waals surface area contributed by atoms with Crippen molar-refractivity contribution in [2.45, 2.75) is 34.6 Å². The standard InChI is InChI=1S/C18H25NO/c1-8-10-11-13-14(9-2)19-17(20)15(12(3)4)16(13)18(5,6)7/h8-11,16H,1-2H2,3-7H3,(H,19,20)/b11-10-. The van der Waals surface area contributed by atoms with Crippen molar-refractivity contribution in [2.75, 3.05) is 0 Å². The zero-order valence-electron chi connectivity index (χ0n) is 13.2. The Hall–Kier alpha value is -1.83. The quantitative estimate of drug-likeness (QED) is 0.602. The molecule has 20 heavy (non-hydrogen) atoms. The molecule has 0 saturated heterocycles. The van der Waals surface area contributed by atoms with Gasteiger partial charge in [-0.1, -0.05) is 57.7 Å². The molecule has 1 aliphatic rings. The van der Waals surface area contributed by atoms with Crippen molar-refractivity contribution >= 4 is 5.91 Å². The minimum atomic E-state index is -0.0561. The third-order valence-electron chi connectivity index (χ3n) is 3.42. The minimum Gasteiger partial charge on any atom is -0.322 e. The van der Waals surface area contributed by atoms with Crippen molar-refractivity contribution in [2.24, 2.45) is 11.3 Å². The smallest absolute Gasteiger partial charge is 0.252 e. The van der Waals surface area contributed by atoms with Gasteiger partial charge in [-0.25, -0.2) is 0 Å². The van der Waals surface area contributed by atoms with Crippen molar-refractivity contribution in [1.82, 2.24) is 5.32 Å². The van der Waals surface area contributed by atoms with Gasteiger partial charge in [0.15, 0.2) is 0 Å². The predicted molar refractivity (Wildman–Crippen MR) is 86.0 cm³/mol. The van der Waals surface area contributed by atoms with Crippen LogP contribution >= 0.6 is 0 Å². The number of nitrogens with one attached hydrogen (secondary N) is 1. The predicted octanol–water partition coefficient (Wildman–Crippen LogP) is 4.30. The van der Waals surface area contributed by atoms with Gasteiger partial charge in [0, 0.05) is 17.2 Å². The van der Waals surface area contributed by atoms with Crippen LogP contribution in [0.15, 0.2) is 59.9 Å². The first-order valence-corrected chi connectivity index (χ1v) is 6.88. The van der Waals surface area contributed by atoms with Gasteiger partial charge in [0.2, 0.25) is 0 Å². The molecule has 0 saturated carbocycles. The summed E-state index contributed by atoms with van der Waals surface area (Å²) in [5, 5.41) is 2.94. The highest BCUT2D eigenvalue weighted by Gasteiger charge is 2.38. The summed E-state index contributed by atoms with van der Waals surface area (Å²) in [6.07, 6.45) is 7.37. The fraction of sp³-hybridized carbons (Fsp3) is 0.389. The molecule has 0 radical (unpaired) electrons. The maximum atomic E-state index is 12.4. The Kier molecular flexibility index (Phi) is 4.93. The van der Waals surface area contributed by atoms with Gasteiger partial charge in [-0.2, -0.15) is 0 Å². The van der Waals surface area contributed by atoms with Crippen LogP contribution in [0.4, 0.5) is 0 Å². The second-order valence-corrected chi connectivity index (χ2v) is 6.33. The number of carbonyl (C=O) groups is 1. The van der Waals surface area contributed by atoms with E-state index in [9.17, 15) is 4.79 Å². The molecule has 1 heterocycles. The van der Waals surface area contributed by atoms with E-state index in [0.717, 1.165) is 22.4 Å². The second-order valence-electron chi connectivity index (χ2n) is 6.33. The summed E-state index contributed by atoms with van der Waals surface area (Å²) in [6.45, 7) is 18.0. The molecule has 2 heteroatoms. The first kappa shape index (κ1) is 16.2. The minimum absolute atomic E-state index is 0.0180. The Balaban J connectivity index is 3.62. The SMILES string of the molecule is C=C/C=C\C1=C(C=C)NC(=O)C(=C(C)C)C1C(C)(C)C. The van der Waals surface area contributed by atoms with Crippen LogP contribution in [0.1, 0.15) is 34.6 Å². The number of carbonyl (C=O) groups excluding carboxylic acids is 1. The zero-order valence-corrected chi connectivity index (χ0v) is 13.2. The molecule has 0 aromatic carbocycles. The average molecular weight is 271 g/mol.